The summed E-state index contributed by atoms with van der Waals surface area (Å²) in [6.45, 7) is 7.48. The highest BCUT2D eigenvalue weighted by molar-refractivity contribution is 4.93. The van der Waals surface area contributed by atoms with Crippen LogP contribution in [0, 0.1) is 17.3 Å². The maximum atomic E-state index is 2.49. The lowest BCUT2D eigenvalue weighted by Gasteiger charge is -2.38. The van der Waals surface area contributed by atoms with Crippen LogP contribution in [0.2, 0.25) is 0 Å². The molecule has 2 aliphatic rings. The molecular weight excluding hydrogens is 170 g/mol. The number of likely N-dealkylation sites (tertiary alicyclic amines) is 1. The monoisotopic (exact) mass is 195 g/mol. The Morgan fingerprint density at radius 2 is 1.79 bits per heavy atom. The molecule has 0 bridgehead atoms. The van der Waals surface area contributed by atoms with Crippen molar-refractivity contribution in [1.82, 2.24) is 4.90 Å². The summed E-state index contributed by atoms with van der Waals surface area (Å²) in [5.74, 6) is 1.94. The number of piperidine rings is 1. The van der Waals surface area contributed by atoms with Crippen molar-refractivity contribution in [3.8, 4) is 0 Å². The zero-order valence-electron chi connectivity index (χ0n) is 10.1. The Labute approximate surface area is 88.9 Å². The third kappa shape index (κ3) is 1.98. The first-order valence-corrected chi connectivity index (χ1v) is 6.30. The number of hydrogen-bond donors (Lipinski definition) is 0. The maximum absolute atomic E-state index is 2.49. The largest absolute Gasteiger partial charge is 0.306 e. The van der Waals surface area contributed by atoms with Gasteiger partial charge in [-0.05, 0) is 69.5 Å². The molecule has 0 N–H and O–H groups in total. The minimum Gasteiger partial charge on any atom is -0.306 e. The molecular formula is C13H25N. The molecule has 1 aliphatic carbocycles. The second-order valence-electron chi connectivity index (χ2n) is 6.05. The van der Waals surface area contributed by atoms with Crippen LogP contribution in [0.4, 0.5) is 0 Å². The topological polar surface area (TPSA) is 3.24 Å². The van der Waals surface area contributed by atoms with Crippen molar-refractivity contribution < 1.29 is 0 Å². The molecule has 1 nitrogen and oxygen atoms in total. The molecule has 1 saturated carbocycles. The Balaban J connectivity index is 1.93. The van der Waals surface area contributed by atoms with Gasteiger partial charge < -0.3 is 4.90 Å². The average molecular weight is 195 g/mol. The summed E-state index contributed by atoms with van der Waals surface area (Å²) in [5.41, 5.74) is 0.765. The predicted molar refractivity (Wildman–Crippen MR) is 61.3 cm³/mol. The summed E-state index contributed by atoms with van der Waals surface area (Å²) in [6, 6.07) is 0. The Hall–Kier alpha value is -0.0400. The van der Waals surface area contributed by atoms with Gasteiger partial charge in [0.25, 0.3) is 0 Å². The number of hydrogen-bond acceptors (Lipinski definition) is 1. The first kappa shape index (κ1) is 10.5. The molecule has 0 amide bonds. The van der Waals surface area contributed by atoms with Crippen LogP contribution in [0.1, 0.15) is 46.0 Å². The SMILES string of the molecule is CC(C)C1CCC2(CCN(C)CC2)C1. The molecule has 1 aliphatic heterocycles. The van der Waals surface area contributed by atoms with E-state index in [9.17, 15) is 0 Å². The highest BCUT2D eigenvalue weighted by atomic mass is 15.1. The van der Waals surface area contributed by atoms with E-state index < -0.39 is 0 Å². The molecule has 82 valence electrons. The van der Waals surface area contributed by atoms with Gasteiger partial charge >= 0.3 is 0 Å². The Bertz CT molecular complexity index is 189. The predicted octanol–water partition coefficient (Wildman–Crippen LogP) is 3.15. The molecule has 0 radical (unpaired) electrons. The van der Waals surface area contributed by atoms with E-state index in [1.54, 1.807) is 0 Å². The van der Waals surface area contributed by atoms with E-state index in [1.165, 1.54) is 45.2 Å². The average Bonchev–Trinajstić information content (AvgIpc) is 2.56. The molecule has 0 aromatic rings. The molecule has 1 atom stereocenters. The number of nitrogens with zero attached hydrogens (tertiary/aromatic N) is 1. The zero-order chi connectivity index (χ0) is 10.2. The molecule has 0 aromatic heterocycles. The standard InChI is InChI=1S/C13H25N/c1-11(2)12-4-5-13(10-12)6-8-14(3)9-7-13/h11-12H,4-10H2,1-3H3. The minimum absolute atomic E-state index is 0.765. The van der Waals surface area contributed by atoms with Crippen LogP contribution < -0.4 is 0 Å². The van der Waals surface area contributed by atoms with Gasteiger partial charge in [-0.1, -0.05) is 13.8 Å². The van der Waals surface area contributed by atoms with Crippen molar-refractivity contribution in [3.05, 3.63) is 0 Å². The molecule has 1 saturated heterocycles. The highest BCUT2D eigenvalue weighted by Crippen LogP contribution is 2.50. The Kier molecular flexibility index (Phi) is 2.88. The normalized spacial score (nSPS) is 33.0. The Morgan fingerprint density at radius 1 is 1.14 bits per heavy atom. The first-order chi connectivity index (χ1) is 6.61. The van der Waals surface area contributed by atoms with Crippen LogP contribution in [-0.2, 0) is 0 Å². The van der Waals surface area contributed by atoms with Crippen molar-refractivity contribution in [1.29, 1.82) is 0 Å². The fourth-order valence-electron chi connectivity index (χ4n) is 3.37. The van der Waals surface area contributed by atoms with Gasteiger partial charge in [0.15, 0.2) is 0 Å². The smallest absolute Gasteiger partial charge is 0.00165 e. The molecule has 14 heavy (non-hydrogen) atoms. The molecule has 1 spiro atoms. The van der Waals surface area contributed by atoms with Gasteiger partial charge in [0.1, 0.15) is 0 Å². The van der Waals surface area contributed by atoms with E-state index >= 15 is 0 Å². The van der Waals surface area contributed by atoms with Crippen LogP contribution in [0.3, 0.4) is 0 Å². The number of rotatable bonds is 1. The van der Waals surface area contributed by atoms with Gasteiger partial charge in [-0.15, -0.1) is 0 Å². The summed E-state index contributed by atoms with van der Waals surface area (Å²) in [6.07, 6.45) is 7.48. The van der Waals surface area contributed by atoms with E-state index in [-0.39, 0.29) is 0 Å². The summed E-state index contributed by atoms with van der Waals surface area (Å²) in [5, 5.41) is 0. The Morgan fingerprint density at radius 3 is 2.29 bits per heavy atom. The van der Waals surface area contributed by atoms with Crippen molar-refractivity contribution in [2.75, 3.05) is 20.1 Å². The van der Waals surface area contributed by atoms with Crippen molar-refractivity contribution in [3.63, 3.8) is 0 Å². The van der Waals surface area contributed by atoms with E-state index in [4.69, 9.17) is 0 Å². The molecule has 2 rings (SSSR count). The summed E-state index contributed by atoms with van der Waals surface area (Å²) >= 11 is 0. The lowest BCUT2D eigenvalue weighted by atomic mass is 9.75. The van der Waals surface area contributed by atoms with Gasteiger partial charge in [-0.2, -0.15) is 0 Å². The van der Waals surface area contributed by atoms with Crippen LogP contribution in [0.15, 0.2) is 0 Å². The maximum Gasteiger partial charge on any atom is -0.00165 e. The molecule has 2 fully saturated rings. The van der Waals surface area contributed by atoms with E-state index in [0.717, 1.165) is 17.3 Å². The quantitative estimate of drug-likeness (QED) is 0.621. The van der Waals surface area contributed by atoms with Gasteiger partial charge in [-0.3, -0.25) is 0 Å². The summed E-state index contributed by atoms with van der Waals surface area (Å²) in [7, 11) is 2.27. The molecule has 1 heteroatoms. The lowest BCUT2D eigenvalue weighted by molar-refractivity contribution is 0.120. The van der Waals surface area contributed by atoms with Gasteiger partial charge in [0.05, 0.1) is 0 Å². The van der Waals surface area contributed by atoms with Crippen LogP contribution >= 0.6 is 0 Å². The second kappa shape index (κ2) is 3.84. The minimum atomic E-state index is 0.765. The molecule has 1 unspecified atom stereocenters. The fourth-order valence-corrected chi connectivity index (χ4v) is 3.37. The third-order valence-corrected chi connectivity index (χ3v) is 4.73. The third-order valence-electron chi connectivity index (χ3n) is 4.73. The second-order valence-corrected chi connectivity index (χ2v) is 6.05. The van der Waals surface area contributed by atoms with Gasteiger partial charge in [0.2, 0.25) is 0 Å². The fraction of sp³-hybridized carbons (Fsp3) is 1.00. The highest BCUT2D eigenvalue weighted by Gasteiger charge is 2.41. The van der Waals surface area contributed by atoms with Crippen LogP contribution in [0.5, 0.6) is 0 Å². The van der Waals surface area contributed by atoms with Gasteiger partial charge in [0, 0.05) is 0 Å². The first-order valence-electron chi connectivity index (χ1n) is 6.30. The molecule has 0 aromatic carbocycles. The van der Waals surface area contributed by atoms with Gasteiger partial charge in [-0.25, -0.2) is 0 Å². The van der Waals surface area contributed by atoms with Crippen molar-refractivity contribution in [2.24, 2.45) is 17.3 Å². The van der Waals surface area contributed by atoms with E-state index in [2.05, 4.69) is 25.8 Å². The van der Waals surface area contributed by atoms with E-state index in [1.807, 2.05) is 0 Å². The van der Waals surface area contributed by atoms with Crippen LogP contribution in [0.25, 0.3) is 0 Å². The zero-order valence-corrected chi connectivity index (χ0v) is 10.1. The van der Waals surface area contributed by atoms with Crippen molar-refractivity contribution >= 4 is 0 Å². The van der Waals surface area contributed by atoms with Crippen molar-refractivity contribution in [2.45, 2.75) is 46.0 Å². The molecule has 1 heterocycles. The van der Waals surface area contributed by atoms with E-state index in [0.29, 0.717) is 0 Å². The summed E-state index contributed by atoms with van der Waals surface area (Å²) < 4.78 is 0. The lowest BCUT2D eigenvalue weighted by Crippen LogP contribution is -2.36. The van der Waals surface area contributed by atoms with Crippen LogP contribution in [-0.4, -0.2) is 25.0 Å². The summed E-state index contributed by atoms with van der Waals surface area (Å²) in [4.78, 5) is 2.49.